The lowest BCUT2D eigenvalue weighted by Crippen LogP contribution is -1.65. The number of carbonyl (C=O) groups is 1. The summed E-state index contributed by atoms with van der Waals surface area (Å²) >= 11 is 0. The normalized spacial score (nSPS) is 6.67. The van der Waals surface area contributed by atoms with Crippen molar-refractivity contribution < 1.29 is 9.21 Å². The predicted octanol–water partition coefficient (Wildman–Crippen LogP) is 1.94. The summed E-state index contributed by atoms with van der Waals surface area (Å²) in [5.74, 6) is 0.375. The van der Waals surface area contributed by atoms with Crippen LogP contribution in [-0.2, 0) is 0 Å². The Bertz CT molecular complexity index is 148. The number of aldehydes is 1. The molecule has 0 amide bonds. The quantitative estimate of drug-likeness (QED) is 0.601. The van der Waals surface area contributed by atoms with Crippen LogP contribution in [0.3, 0.4) is 0 Å². The van der Waals surface area contributed by atoms with Gasteiger partial charge in [0.05, 0.1) is 6.26 Å². The third kappa shape index (κ3) is 3.16. The van der Waals surface area contributed by atoms with E-state index in [1.54, 1.807) is 12.1 Å². The molecule has 0 fully saturated rings. The molecule has 2 nitrogen and oxygen atoms in total. The van der Waals surface area contributed by atoms with Crippen LogP contribution in [0.25, 0.3) is 0 Å². The Morgan fingerprint density at radius 1 is 1.44 bits per heavy atom. The maximum atomic E-state index is 9.77. The van der Waals surface area contributed by atoms with Gasteiger partial charge < -0.3 is 4.42 Å². The summed E-state index contributed by atoms with van der Waals surface area (Å²) in [4.78, 5) is 9.77. The molecule has 4 heteroatoms. The summed E-state index contributed by atoms with van der Waals surface area (Å²) in [5.41, 5.74) is 0. The van der Waals surface area contributed by atoms with E-state index in [0.29, 0.717) is 12.0 Å². The minimum absolute atomic E-state index is 0. The van der Waals surface area contributed by atoms with Crippen molar-refractivity contribution >= 4 is 31.1 Å². The van der Waals surface area contributed by atoms with Crippen LogP contribution in [0.1, 0.15) is 10.6 Å². The molecule has 52 valence electrons. The molecule has 0 aliphatic heterocycles. The molecular formula is C5H6Cl2O2. The Hall–Kier alpha value is -0.470. The molecule has 0 saturated heterocycles. The first-order chi connectivity index (χ1) is 3.43. The summed E-state index contributed by atoms with van der Waals surface area (Å²) < 4.78 is 4.61. The third-order valence-corrected chi connectivity index (χ3v) is 0.659. The second kappa shape index (κ2) is 5.66. The maximum Gasteiger partial charge on any atom is 0.185 e. The van der Waals surface area contributed by atoms with Crippen molar-refractivity contribution in [2.75, 3.05) is 0 Å². The lowest BCUT2D eigenvalue weighted by molar-refractivity contribution is 0.110. The summed E-state index contributed by atoms with van der Waals surface area (Å²) in [7, 11) is 0. The van der Waals surface area contributed by atoms with Crippen molar-refractivity contribution in [3.63, 3.8) is 0 Å². The average Bonchev–Trinajstić information content (AvgIpc) is 2.14. The van der Waals surface area contributed by atoms with Gasteiger partial charge in [-0.1, -0.05) is 0 Å². The standard InChI is InChI=1S/C5H4O2.2ClH/c6-4-5-2-1-3-7-5;;/h1-4H;2*1H. The predicted molar refractivity (Wildman–Crippen MR) is 38.6 cm³/mol. The number of furan rings is 1. The molecule has 0 spiro atoms. The fraction of sp³-hybridized carbons (Fsp3) is 0. The zero-order chi connectivity index (χ0) is 5.11. The second-order valence-corrected chi connectivity index (χ2v) is 1.13. The highest BCUT2D eigenvalue weighted by Crippen LogP contribution is 1.92. The fourth-order valence-corrected chi connectivity index (χ4v) is 0.358. The van der Waals surface area contributed by atoms with Crippen molar-refractivity contribution in [2.24, 2.45) is 0 Å². The maximum absolute atomic E-state index is 9.77. The molecule has 1 heterocycles. The van der Waals surface area contributed by atoms with Gasteiger partial charge in [0.25, 0.3) is 0 Å². The van der Waals surface area contributed by atoms with Crippen LogP contribution in [0.4, 0.5) is 0 Å². The largest absolute Gasteiger partial charge is 0.462 e. The van der Waals surface area contributed by atoms with Crippen molar-refractivity contribution in [1.29, 1.82) is 0 Å². The summed E-state index contributed by atoms with van der Waals surface area (Å²) in [5, 5.41) is 0. The molecule has 1 aromatic heterocycles. The monoisotopic (exact) mass is 168 g/mol. The fourth-order valence-electron chi connectivity index (χ4n) is 0.358. The summed E-state index contributed by atoms with van der Waals surface area (Å²) in [6.07, 6.45) is 2.13. The van der Waals surface area contributed by atoms with Gasteiger partial charge in [-0.25, -0.2) is 0 Å². The Morgan fingerprint density at radius 2 is 2.11 bits per heavy atom. The Morgan fingerprint density at radius 3 is 2.33 bits per heavy atom. The minimum atomic E-state index is 0. The number of carbonyl (C=O) groups excluding carboxylic acids is 1. The van der Waals surface area contributed by atoms with E-state index in [2.05, 4.69) is 4.42 Å². The molecule has 1 rings (SSSR count). The van der Waals surface area contributed by atoms with E-state index >= 15 is 0 Å². The van der Waals surface area contributed by atoms with E-state index in [4.69, 9.17) is 0 Å². The van der Waals surface area contributed by atoms with Crippen molar-refractivity contribution in [3.05, 3.63) is 24.2 Å². The van der Waals surface area contributed by atoms with Crippen LogP contribution in [-0.4, -0.2) is 6.29 Å². The van der Waals surface area contributed by atoms with Crippen LogP contribution in [0.15, 0.2) is 22.8 Å². The molecule has 0 aromatic carbocycles. The summed E-state index contributed by atoms with van der Waals surface area (Å²) in [6, 6.07) is 3.27. The topological polar surface area (TPSA) is 30.2 Å². The number of hydrogen-bond acceptors (Lipinski definition) is 2. The number of hydrogen-bond donors (Lipinski definition) is 0. The highest BCUT2D eigenvalue weighted by molar-refractivity contribution is 5.85. The van der Waals surface area contributed by atoms with Gasteiger partial charge in [0.2, 0.25) is 0 Å². The van der Waals surface area contributed by atoms with E-state index in [1.165, 1.54) is 6.26 Å². The van der Waals surface area contributed by atoms with Gasteiger partial charge >= 0.3 is 0 Å². The Labute approximate surface area is 65.1 Å². The molecule has 0 radical (unpaired) electrons. The van der Waals surface area contributed by atoms with Gasteiger partial charge in [-0.2, -0.15) is 0 Å². The molecule has 0 bridgehead atoms. The Balaban J connectivity index is 0. The van der Waals surface area contributed by atoms with Gasteiger partial charge in [0, 0.05) is 0 Å². The third-order valence-electron chi connectivity index (χ3n) is 0.659. The smallest absolute Gasteiger partial charge is 0.185 e. The van der Waals surface area contributed by atoms with Gasteiger partial charge in [-0.05, 0) is 12.1 Å². The van der Waals surface area contributed by atoms with Crippen LogP contribution in [0.2, 0.25) is 0 Å². The van der Waals surface area contributed by atoms with Crippen LogP contribution < -0.4 is 0 Å². The van der Waals surface area contributed by atoms with Crippen molar-refractivity contribution in [3.8, 4) is 0 Å². The highest BCUT2D eigenvalue weighted by atomic mass is 35.5. The molecule has 0 aliphatic rings. The molecule has 0 N–H and O–H groups in total. The first kappa shape index (κ1) is 11.3. The molecule has 0 aliphatic carbocycles. The molecular weight excluding hydrogens is 163 g/mol. The zero-order valence-electron chi connectivity index (χ0n) is 4.44. The van der Waals surface area contributed by atoms with Gasteiger partial charge in [-0.3, -0.25) is 4.79 Å². The first-order valence-electron chi connectivity index (χ1n) is 1.92. The first-order valence-corrected chi connectivity index (χ1v) is 1.92. The van der Waals surface area contributed by atoms with Crippen LogP contribution >= 0.6 is 24.8 Å². The van der Waals surface area contributed by atoms with Gasteiger partial charge in [-0.15, -0.1) is 24.8 Å². The lowest BCUT2D eigenvalue weighted by Gasteiger charge is -1.68. The highest BCUT2D eigenvalue weighted by Gasteiger charge is 1.84. The van der Waals surface area contributed by atoms with Gasteiger partial charge in [0.1, 0.15) is 0 Å². The number of rotatable bonds is 1. The van der Waals surface area contributed by atoms with E-state index < -0.39 is 0 Å². The summed E-state index contributed by atoms with van der Waals surface area (Å²) in [6.45, 7) is 0. The lowest BCUT2D eigenvalue weighted by atomic mass is 10.5. The van der Waals surface area contributed by atoms with Crippen molar-refractivity contribution in [1.82, 2.24) is 0 Å². The van der Waals surface area contributed by atoms with Crippen LogP contribution in [0, 0.1) is 0 Å². The Kier molecular flexibility index (Phi) is 7.14. The second-order valence-electron chi connectivity index (χ2n) is 1.13. The van der Waals surface area contributed by atoms with E-state index in [1.807, 2.05) is 0 Å². The van der Waals surface area contributed by atoms with E-state index in [0.717, 1.165) is 0 Å². The zero-order valence-corrected chi connectivity index (χ0v) is 6.08. The molecule has 9 heavy (non-hydrogen) atoms. The molecule has 0 unspecified atom stereocenters. The van der Waals surface area contributed by atoms with Gasteiger partial charge in [0.15, 0.2) is 12.0 Å². The molecule has 0 atom stereocenters. The number of halogens is 2. The van der Waals surface area contributed by atoms with E-state index in [9.17, 15) is 4.79 Å². The minimum Gasteiger partial charge on any atom is -0.462 e. The molecule has 1 aromatic rings. The van der Waals surface area contributed by atoms with E-state index in [-0.39, 0.29) is 24.8 Å². The SMILES string of the molecule is Cl.Cl.O=Cc1ccco1. The van der Waals surface area contributed by atoms with Crippen molar-refractivity contribution in [2.45, 2.75) is 0 Å². The van der Waals surface area contributed by atoms with Crippen LogP contribution in [0.5, 0.6) is 0 Å². The molecule has 0 saturated carbocycles. The average molecular weight is 169 g/mol.